The van der Waals surface area contributed by atoms with Crippen molar-refractivity contribution < 1.29 is 14.6 Å². The van der Waals surface area contributed by atoms with Gasteiger partial charge in [-0.3, -0.25) is 25.0 Å². The van der Waals surface area contributed by atoms with Crippen LogP contribution in [0.1, 0.15) is 15.9 Å². The summed E-state index contributed by atoms with van der Waals surface area (Å²) < 4.78 is 0. The van der Waals surface area contributed by atoms with Crippen molar-refractivity contribution in [1.29, 1.82) is 0 Å². The quantitative estimate of drug-likeness (QED) is 0.330. The number of nitro groups is 2. The van der Waals surface area contributed by atoms with Gasteiger partial charge in [0.05, 0.1) is 9.85 Å². The number of hydrogen-bond donors (Lipinski definition) is 0. The highest BCUT2D eigenvalue weighted by Crippen LogP contribution is 2.27. The average Bonchev–Trinajstić information content (AvgIpc) is 2.53. The molecule has 0 aliphatic rings. The second-order valence-corrected chi connectivity index (χ2v) is 5.40. The standard InChI is InChI=1S/C15H8Cl2N2O5/c16-11-4-1-9(7-13(11)18(21)22)2-6-15(20)10-3-5-12(17)14(8-10)19(23)24/h1-8H/b6-2+. The highest BCUT2D eigenvalue weighted by atomic mass is 35.5. The Morgan fingerprint density at radius 3 is 2.04 bits per heavy atom. The van der Waals surface area contributed by atoms with Crippen LogP contribution < -0.4 is 0 Å². The van der Waals surface area contributed by atoms with Crippen LogP contribution in [0.25, 0.3) is 6.08 Å². The topological polar surface area (TPSA) is 103 Å². The molecule has 0 bridgehead atoms. The van der Waals surface area contributed by atoms with E-state index in [-0.39, 0.29) is 27.0 Å². The normalized spacial score (nSPS) is 10.8. The Balaban J connectivity index is 2.28. The fraction of sp³-hybridized carbons (Fsp3) is 0. The molecule has 7 nitrogen and oxygen atoms in total. The van der Waals surface area contributed by atoms with Crippen LogP contribution in [0, 0.1) is 20.2 Å². The van der Waals surface area contributed by atoms with Crippen LogP contribution in [0.3, 0.4) is 0 Å². The Labute approximate surface area is 145 Å². The molecule has 0 fully saturated rings. The fourth-order valence-corrected chi connectivity index (χ4v) is 2.22. The van der Waals surface area contributed by atoms with E-state index < -0.39 is 15.6 Å². The summed E-state index contributed by atoms with van der Waals surface area (Å²) in [5, 5.41) is 21.6. The first-order valence-corrected chi connectivity index (χ1v) is 7.15. The summed E-state index contributed by atoms with van der Waals surface area (Å²) in [5.74, 6) is -0.507. The van der Waals surface area contributed by atoms with Gasteiger partial charge in [0.2, 0.25) is 0 Å². The van der Waals surface area contributed by atoms with Crippen molar-refractivity contribution in [2.75, 3.05) is 0 Å². The molecular formula is C15H8Cl2N2O5. The van der Waals surface area contributed by atoms with Gasteiger partial charge in [-0.1, -0.05) is 35.3 Å². The zero-order chi connectivity index (χ0) is 17.9. The zero-order valence-corrected chi connectivity index (χ0v) is 13.3. The van der Waals surface area contributed by atoms with Crippen molar-refractivity contribution in [3.8, 4) is 0 Å². The van der Waals surface area contributed by atoms with Gasteiger partial charge in [-0.05, 0) is 29.8 Å². The van der Waals surface area contributed by atoms with E-state index in [1.807, 2.05) is 0 Å². The first kappa shape index (κ1) is 17.6. The number of ketones is 1. The van der Waals surface area contributed by atoms with Gasteiger partial charge in [0.25, 0.3) is 11.4 Å². The molecule has 2 aromatic carbocycles. The smallest absolute Gasteiger partial charge is 0.288 e. The number of nitrogens with zero attached hydrogens (tertiary/aromatic N) is 2. The Hall–Kier alpha value is -2.77. The third-order valence-electron chi connectivity index (χ3n) is 3.02. The Kier molecular flexibility index (Phi) is 5.28. The second kappa shape index (κ2) is 7.20. The van der Waals surface area contributed by atoms with Gasteiger partial charge in [-0.25, -0.2) is 0 Å². The van der Waals surface area contributed by atoms with Crippen LogP contribution in [0.4, 0.5) is 11.4 Å². The Morgan fingerprint density at radius 1 is 0.917 bits per heavy atom. The molecule has 0 atom stereocenters. The van der Waals surface area contributed by atoms with E-state index in [9.17, 15) is 25.0 Å². The molecule has 0 aliphatic carbocycles. The maximum Gasteiger partial charge on any atom is 0.288 e. The lowest BCUT2D eigenvalue weighted by Crippen LogP contribution is -1.97. The number of carbonyl (C=O) groups is 1. The number of carbonyl (C=O) groups excluding carboxylic acids is 1. The minimum Gasteiger partial charge on any atom is -0.289 e. The molecule has 122 valence electrons. The molecular weight excluding hydrogens is 359 g/mol. The van der Waals surface area contributed by atoms with Crippen molar-refractivity contribution in [3.63, 3.8) is 0 Å². The number of benzene rings is 2. The molecule has 0 unspecified atom stereocenters. The molecule has 0 heterocycles. The van der Waals surface area contributed by atoms with Crippen LogP contribution in [0.2, 0.25) is 10.0 Å². The summed E-state index contributed by atoms with van der Waals surface area (Å²) in [6, 6.07) is 7.75. The van der Waals surface area contributed by atoms with E-state index in [2.05, 4.69) is 0 Å². The van der Waals surface area contributed by atoms with E-state index in [4.69, 9.17) is 23.2 Å². The van der Waals surface area contributed by atoms with Gasteiger partial charge in [0, 0.05) is 17.7 Å². The Morgan fingerprint density at radius 2 is 1.46 bits per heavy atom. The summed E-state index contributed by atoms with van der Waals surface area (Å²) in [6.45, 7) is 0. The zero-order valence-electron chi connectivity index (χ0n) is 11.8. The van der Waals surface area contributed by atoms with Gasteiger partial charge < -0.3 is 0 Å². The van der Waals surface area contributed by atoms with Crippen molar-refractivity contribution in [2.45, 2.75) is 0 Å². The number of halogens is 2. The van der Waals surface area contributed by atoms with E-state index in [0.29, 0.717) is 5.56 Å². The SMILES string of the molecule is O=C(/C=C/c1ccc(Cl)c([N+](=O)[O-])c1)c1ccc(Cl)c([N+](=O)[O-])c1. The highest BCUT2D eigenvalue weighted by molar-refractivity contribution is 6.33. The lowest BCUT2D eigenvalue weighted by molar-refractivity contribution is -0.384. The Bertz CT molecular complexity index is 880. The van der Waals surface area contributed by atoms with Gasteiger partial charge in [-0.15, -0.1) is 0 Å². The predicted molar refractivity (Wildman–Crippen MR) is 89.6 cm³/mol. The summed E-state index contributed by atoms with van der Waals surface area (Å²) in [6.07, 6.45) is 2.51. The van der Waals surface area contributed by atoms with E-state index in [1.54, 1.807) is 0 Å². The van der Waals surface area contributed by atoms with E-state index >= 15 is 0 Å². The van der Waals surface area contributed by atoms with Crippen LogP contribution in [0.5, 0.6) is 0 Å². The molecule has 0 N–H and O–H groups in total. The van der Waals surface area contributed by atoms with Crippen LogP contribution in [0.15, 0.2) is 42.5 Å². The molecule has 24 heavy (non-hydrogen) atoms. The van der Waals surface area contributed by atoms with Gasteiger partial charge in [-0.2, -0.15) is 0 Å². The number of allylic oxidation sites excluding steroid dienone is 1. The van der Waals surface area contributed by atoms with Gasteiger partial charge >= 0.3 is 0 Å². The number of rotatable bonds is 5. The minimum atomic E-state index is -0.689. The number of hydrogen-bond acceptors (Lipinski definition) is 5. The molecule has 2 aromatic rings. The summed E-state index contributed by atoms with van der Waals surface area (Å²) in [5.41, 5.74) is -0.194. The summed E-state index contributed by atoms with van der Waals surface area (Å²) in [4.78, 5) is 32.4. The third kappa shape index (κ3) is 3.95. The van der Waals surface area contributed by atoms with Crippen molar-refractivity contribution >= 4 is 46.4 Å². The molecule has 0 amide bonds. The maximum atomic E-state index is 12.1. The van der Waals surface area contributed by atoms with Gasteiger partial charge in [0.15, 0.2) is 5.78 Å². The van der Waals surface area contributed by atoms with Crippen LogP contribution in [-0.4, -0.2) is 15.6 Å². The second-order valence-electron chi connectivity index (χ2n) is 4.59. The van der Waals surface area contributed by atoms with Crippen molar-refractivity contribution in [2.24, 2.45) is 0 Å². The van der Waals surface area contributed by atoms with E-state index in [1.165, 1.54) is 36.4 Å². The minimum absolute atomic E-state index is 0.0168. The molecule has 0 aliphatic heterocycles. The predicted octanol–water partition coefficient (Wildman–Crippen LogP) is 4.71. The first-order chi connectivity index (χ1) is 11.3. The van der Waals surface area contributed by atoms with Crippen molar-refractivity contribution in [3.05, 3.63) is 83.9 Å². The fourth-order valence-electron chi connectivity index (χ4n) is 1.85. The molecule has 9 heteroatoms. The first-order valence-electron chi connectivity index (χ1n) is 6.40. The maximum absolute atomic E-state index is 12.1. The van der Waals surface area contributed by atoms with Crippen molar-refractivity contribution in [1.82, 2.24) is 0 Å². The largest absolute Gasteiger partial charge is 0.289 e. The molecule has 0 saturated heterocycles. The molecule has 0 aromatic heterocycles. The lowest BCUT2D eigenvalue weighted by atomic mass is 10.1. The van der Waals surface area contributed by atoms with Crippen LogP contribution in [-0.2, 0) is 0 Å². The van der Waals surface area contributed by atoms with Gasteiger partial charge in [0.1, 0.15) is 10.0 Å². The third-order valence-corrected chi connectivity index (χ3v) is 3.66. The van der Waals surface area contributed by atoms with Crippen LogP contribution >= 0.6 is 23.2 Å². The summed E-state index contributed by atoms with van der Waals surface area (Å²) in [7, 11) is 0. The monoisotopic (exact) mass is 366 g/mol. The van der Waals surface area contributed by atoms with E-state index in [0.717, 1.165) is 12.1 Å². The highest BCUT2D eigenvalue weighted by Gasteiger charge is 2.15. The molecule has 0 radical (unpaired) electrons. The summed E-state index contributed by atoms with van der Waals surface area (Å²) >= 11 is 11.4. The lowest BCUT2D eigenvalue weighted by Gasteiger charge is -1.99. The molecule has 0 saturated carbocycles. The average molecular weight is 367 g/mol. The molecule has 2 rings (SSSR count). The molecule has 0 spiro atoms. The number of nitro benzene ring substituents is 2.